The van der Waals surface area contributed by atoms with E-state index in [0.717, 1.165) is 25.9 Å². The zero-order valence-corrected chi connectivity index (χ0v) is 10.4. The summed E-state index contributed by atoms with van der Waals surface area (Å²) in [6.07, 6.45) is 2.12. The van der Waals surface area contributed by atoms with E-state index in [-0.39, 0.29) is 12.0 Å². The van der Waals surface area contributed by atoms with E-state index in [1.807, 2.05) is 4.90 Å². The van der Waals surface area contributed by atoms with E-state index in [0.29, 0.717) is 18.0 Å². The number of ether oxygens (including phenoxy) is 1. The second kappa shape index (κ2) is 4.72. The normalized spacial score (nSPS) is 32.0. The van der Waals surface area contributed by atoms with E-state index < -0.39 is 0 Å². The molecule has 0 bridgehead atoms. The van der Waals surface area contributed by atoms with Crippen molar-refractivity contribution >= 4 is 5.91 Å². The fourth-order valence-corrected chi connectivity index (χ4v) is 3.00. The quantitative estimate of drug-likeness (QED) is 0.717. The molecule has 0 radical (unpaired) electrons. The molecule has 2 heterocycles. The van der Waals surface area contributed by atoms with Gasteiger partial charge in [-0.05, 0) is 45.7 Å². The number of β-lactam (4-membered cyclic amide) rings is 1. The number of nitrogens with one attached hydrogen (secondary N) is 1. The van der Waals surface area contributed by atoms with E-state index in [9.17, 15) is 4.79 Å². The predicted octanol–water partition coefficient (Wildman–Crippen LogP) is 0.620. The highest BCUT2D eigenvalue weighted by atomic mass is 16.5. The lowest BCUT2D eigenvalue weighted by Crippen LogP contribution is -2.70. The van der Waals surface area contributed by atoms with Gasteiger partial charge in [0.1, 0.15) is 0 Å². The molecule has 2 atom stereocenters. The first kappa shape index (κ1) is 11.9. The third-order valence-electron chi connectivity index (χ3n) is 3.81. The lowest BCUT2D eigenvalue weighted by Gasteiger charge is -2.52. The number of carbonyl (C=O) groups is 1. The van der Waals surface area contributed by atoms with Crippen LogP contribution in [0, 0.1) is 5.92 Å². The van der Waals surface area contributed by atoms with E-state index in [2.05, 4.69) is 19.2 Å². The van der Waals surface area contributed by atoms with Crippen LogP contribution < -0.4 is 5.32 Å². The van der Waals surface area contributed by atoms with Crippen LogP contribution in [0.15, 0.2) is 0 Å². The van der Waals surface area contributed by atoms with Gasteiger partial charge in [0.2, 0.25) is 0 Å². The molecule has 1 N–H and O–H groups in total. The molecule has 2 rings (SSSR count). The van der Waals surface area contributed by atoms with Gasteiger partial charge in [-0.2, -0.15) is 0 Å². The van der Waals surface area contributed by atoms with Crippen LogP contribution in [0.1, 0.15) is 26.7 Å². The standard InChI is InChI=1S/C12H22N2O2/c1-8(2)14-10(11(16-3)12(14)15)9-4-6-13-7-5-9/h8-11,13H,4-7H2,1-3H3/t10-,11+/m0/s1. The van der Waals surface area contributed by atoms with E-state index in [1.165, 1.54) is 0 Å². The Balaban J connectivity index is 2.06. The van der Waals surface area contributed by atoms with Crippen molar-refractivity contribution in [1.82, 2.24) is 10.2 Å². The number of hydrogen-bond acceptors (Lipinski definition) is 3. The van der Waals surface area contributed by atoms with Crippen LogP contribution in [-0.2, 0) is 9.53 Å². The third-order valence-corrected chi connectivity index (χ3v) is 3.81. The van der Waals surface area contributed by atoms with Gasteiger partial charge < -0.3 is 15.0 Å². The Hall–Kier alpha value is -0.610. The molecule has 0 aromatic heterocycles. The Kier molecular flexibility index (Phi) is 3.50. The van der Waals surface area contributed by atoms with Crippen LogP contribution in [0.5, 0.6) is 0 Å². The number of piperidine rings is 1. The maximum atomic E-state index is 11.9. The number of rotatable bonds is 3. The molecule has 0 aromatic rings. The summed E-state index contributed by atoms with van der Waals surface area (Å²) < 4.78 is 5.33. The largest absolute Gasteiger partial charge is 0.369 e. The molecule has 2 aliphatic heterocycles. The van der Waals surface area contributed by atoms with Crippen LogP contribution in [0.3, 0.4) is 0 Å². The first-order valence-corrected chi connectivity index (χ1v) is 6.22. The van der Waals surface area contributed by atoms with Crippen molar-refractivity contribution in [3.05, 3.63) is 0 Å². The smallest absolute Gasteiger partial charge is 0.254 e. The molecule has 2 aliphatic rings. The van der Waals surface area contributed by atoms with Crippen molar-refractivity contribution in [1.29, 1.82) is 0 Å². The van der Waals surface area contributed by atoms with Crippen molar-refractivity contribution in [2.45, 2.75) is 44.9 Å². The molecule has 4 heteroatoms. The van der Waals surface area contributed by atoms with Gasteiger partial charge in [-0.3, -0.25) is 4.79 Å². The van der Waals surface area contributed by atoms with E-state index in [1.54, 1.807) is 7.11 Å². The molecule has 2 saturated heterocycles. The summed E-state index contributed by atoms with van der Waals surface area (Å²) in [5.74, 6) is 0.771. The van der Waals surface area contributed by atoms with Crippen molar-refractivity contribution in [2.75, 3.05) is 20.2 Å². The zero-order valence-electron chi connectivity index (χ0n) is 10.4. The first-order chi connectivity index (χ1) is 7.66. The number of likely N-dealkylation sites (tertiary alicyclic amines) is 1. The molecule has 0 aromatic carbocycles. The van der Waals surface area contributed by atoms with Gasteiger partial charge >= 0.3 is 0 Å². The predicted molar refractivity (Wildman–Crippen MR) is 62.2 cm³/mol. The van der Waals surface area contributed by atoms with Crippen LogP contribution >= 0.6 is 0 Å². The molecule has 16 heavy (non-hydrogen) atoms. The Morgan fingerprint density at radius 3 is 2.50 bits per heavy atom. The van der Waals surface area contributed by atoms with Crippen LogP contribution in [0.25, 0.3) is 0 Å². The van der Waals surface area contributed by atoms with Gasteiger partial charge in [0, 0.05) is 13.2 Å². The van der Waals surface area contributed by atoms with Gasteiger partial charge in [0.05, 0.1) is 6.04 Å². The third kappa shape index (κ3) is 1.84. The maximum Gasteiger partial charge on any atom is 0.254 e. The van der Waals surface area contributed by atoms with Crippen LogP contribution in [0.2, 0.25) is 0 Å². The van der Waals surface area contributed by atoms with Crippen molar-refractivity contribution in [3.63, 3.8) is 0 Å². The second-order valence-corrected chi connectivity index (χ2v) is 5.07. The summed E-state index contributed by atoms with van der Waals surface area (Å²) in [5.41, 5.74) is 0. The lowest BCUT2D eigenvalue weighted by molar-refractivity contribution is -0.180. The average molecular weight is 226 g/mol. The highest BCUT2D eigenvalue weighted by Gasteiger charge is 2.52. The Morgan fingerprint density at radius 1 is 1.38 bits per heavy atom. The molecular weight excluding hydrogens is 204 g/mol. The molecule has 4 nitrogen and oxygen atoms in total. The topological polar surface area (TPSA) is 41.6 Å². The summed E-state index contributed by atoms with van der Waals surface area (Å²) in [7, 11) is 1.65. The number of nitrogens with zero attached hydrogens (tertiary/aromatic N) is 1. The monoisotopic (exact) mass is 226 g/mol. The van der Waals surface area contributed by atoms with Crippen molar-refractivity contribution in [2.24, 2.45) is 5.92 Å². The van der Waals surface area contributed by atoms with Gasteiger partial charge in [-0.1, -0.05) is 0 Å². The van der Waals surface area contributed by atoms with Gasteiger partial charge in [-0.15, -0.1) is 0 Å². The van der Waals surface area contributed by atoms with Crippen LogP contribution in [-0.4, -0.2) is 49.2 Å². The molecule has 92 valence electrons. The summed E-state index contributed by atoms with van der Waals surface area (Å²) in [5, 5.41) is 3.36. The number of methoxy groups -OCH3 is 1. The number of amides is 1. The molecule has 0 saturated carbocycles. The van der Waals surface area contributed by atoms with Crippen molar-refractivity contribution < 1.29 is 9.53 Å². The summed E-state index contributed by atoms with van der Waals surface area (Å²) >= 11 is 0. The minimum absolute atomic E-state index is 0.168. The van der Waals surface area contributed by atoms with Crippen molar-refractivity contribution in [3.8, 4) is 0 Å². The fraction of sp³-hybridized carbons (Fsp3) is 0.917. The highest BCUT2D eigenvalue weighted by molar-refractivity contribution is 5.88. The molecule has 2 fully saturated rings. The summed E-state index contributed by atoms with van der Waals surface area (Å²) in [6.45, 7) is 6.30. The summed E-state index contributed by atoms with van der Waals surface area (Å²) in [6, 6.07) is 0.596. The molecule has 0 aliphatic carbocycles. The summed E-state index contributed by atoms with van der Waals surface area (Å²) in [4.78, 5) is 13.9. The molecular formula is C12H22N2O2. The lowest BCUT2D eigenvalue weighted by atomic mass is 9.79. The zero-order chi connectivity index (χ0) is 11.7. The van der Waals surface area contributed by atoms with Gasteiger partial charge in [0.15, 0.2) is 6.10 Å². The Labute approximate surface area is 97.3 Å². The number of hydrogen-bond donors (Lipinski definition) is 1. The molecule has 0 spiro atoms. The Morgan fingerprint density at radius 2 is 2.00 bits per heavy atom. The fourth-order valence-electron chi connectivity index (χ4n) is 3.00. The minimum Gasteiger partial charge on any atom is -0.369 e. The molecule has 1 amide bonds. The Bertz CT molecular complexity index is 262. The molecule has 0 unspecified atom stereocenters. The number of carbonyl (C=O) groups excluding carboxylic acids is 1. The van der Waals surface area contributed by atoms with Gasteiger partial charge in [0.25, 0.3) is 5.91 Å². The van der Waals surface area contributed by atoms with Crippen LogP contribution in [0.4, 0.5) is 0 Å². The average Bonchev–Trinajstić information content (AvgIpc) is 2.27. The van der Waals surface area contributed by atoms with E-state index >= 15 is 0 Å². The SMILES string of the molecule is CO[C@H]1C(=O)N(C(C)C)[C@H]1C1CCNCC1. The van der Waals surface area contributed by atoms with Gasteiger partial charge in [-0.25, -0.2) is 0 Å². The van der Waals surface area contributed by atoms with E-state index in [4.69, 9.17) is 4.74 Å². The maximum absolute atomic E-state index is 11.9. The first-order valence-electron chi connectivity index (χ1n) is 6.22. The highest BCUT2D eigenvalue weighted by Crippen LogP contribution is 2.34. The minimum atomic E-state index is -0.189. The second-order valence-electron chi connectivity index (χ2n) is 5.07.